The van der Waals surface area contributed by atoms with E-state index in [4.69, 9.17) is 0 Å². The molecule has 1 aliphatic heterocycles. The highest BCUT2D eigenvalue weighted by Gasteiger charge is 2.39. The van der Waals surface area contributed by atoms with Gasteiger partial charge in [-0.1, -0.05) is 39.0 Å². The molecule has 3 rings (SSSR count). The van der Waals surface area contributed by atoms with Crippen LogP contribution in [-0.2, 0) is 0 Å². The fourth-order valence-electron chi connectivity index (χ4n) is 5.26. The van der Waals surface area contributed by atoms with Crippen molar-refractivity contribution in [3.63, 3.8) is 0 Å². The van der Waals surface area contributed by atoms with Crippen molar-refractivity contribution < 1.29 is 0 Å². The first-order chi connectivity index (χ1) is 9.90. The molecule has 0 aromatic rings. The third kappa shape index (κ3) is 3.22. The molecule has 2 aliphatic carbocycles. The van der Waals surface area contributed by atoms with Gasteiger partial charge < -0.3 is 5.32 Å². The van der Waals surface area contributed by atoms with Gasteiger partial charge in [0.05, 0.1) is 0 Å². The van der Waals surface area contributed by atoms with Crippen LogP contribution < -0.4 is 5.32 Å². The van der Waals surface area contributed by atoms with E-state index in [-0.39, 0.29) is 0 Å². The highest BCUT2D eigenvalue weighted by Crippen LogP contribution is 2.38. The predicted octanol–water partition coefficient (Wildman–Crippen LogP) is 3.95. The summed E-state index contributed by atoms with van der Waals surface area (Å²) < 4.78 is 0. The lowest BCUT2D eigenvalue weighted by Crippen LogP contribution is -2.57. The van der Waals surface area contributed by atoms with Crippen molar-refractivity contribution in [2.24, 2.45) is 5.92 Å². The maximum absolute atomic E-state index is 3.83. The molecule has 1 N–H and O–H groups in total. The monoisotopic (exact) mass is 278 g/mol. The van der Waals surface area contributed by atoms with E-state index in [1.54, 1.807) is 0 Å². The molecule has 116 valence electrons. The Kier molecular flexibility index (Phi) is 5.39. The third-order valence-corrected chi connectivity index (χ3v) is 6.16. The van der Waals surface area contributed by atoms with E-state index in [9.17, 15) is 0 Å². The van der Waals surface area contributed by atoms with Gasteiger partial charge in [0.2, 0.25) is 0 Å². The highest BCUT2D eigenvalue weighted by molar-refractivity contribution is 4.95. The zero-order valence-corrected chi connectivity index (χ0v) is 13.4. The zero-order valence-electron chi connectivity index (χ0n) is 13.4. The van der Waals surface area contributed by atoms with Crippen LogP contribution in [0.2, 0.25) is 0 Å². The second-order valence-corrected chi connectivity index (χ2v) is 7.36. The lowest BCUT2D eigenvalue weighted by atomic mass is 9.77. The summed E-state index contributed by atoms with van der Waals surface area (Å²) >= 11 is 0. The van der Waals surface area contributed by atoms with Crippen molar-refractivity contribution in [1.29, 1.82) is 0 Å². The van der Waals surface area contributed by atoms with Gasteiger partial charge in [0, 0.05) is 18.1 Å². The average Bonchev–Trinajstić information content (AvgIpc) is 2.73. The molecule has 0 aromatic heterocycles. The average molecular weight is 278 g/mol. The molecule has 2 heteroatoms. The maximum atomic E-state index is 3.83. The third-order valence-electron chi connectivity index (χ3n) is 6.16. The zero-order chi connectivity index (χ0) is 13.8. The molecule has 1 heterocycles. The van der Waals surface area contributed by atoms with Crippen LogP contribution >= 0.6 is 0 Å². The molecule has 0 spiro atoms. The summed E-state index contributed by atoms with van der Waals surface area (Å²) in [5.41, 5.74) is 0. The van der Waals surface area contributed by atoms with Crippen LogP contribution in [0.25, 0.3) is 0 Å². The van der Waals surface area contributed by atoms with E-state index in [0.717, 1.165) is 30.6 Å². The molecule has 3 aliphatic rings. The van der Waals surface area contributed by atoms with Gasteiger partial charge in [-0.15, -0.1) is 0 Å². The molecule has 2 nitrogen and oxygen atoms in total. The number of nitrogens with one attached hydrogen (secondary N) is 1. The van der Waals surface area contributed by atoms with Crippen LogP contribution in [0.4, 0.5) is 0 Å². The van der Waals surface area contributed by atoms with Gasteiger partial charge in [-0.3, -0.25) is 4.90 Å². The number of fused-ring (bicyclic) bond motifs is 1. The van der Waals surface area contributed by atoms with Crippen molar-refractivity contribution >= 4 is 0 Å². The molecule has 4 atom stereocenters. The van der Waals surface area contributed by atoms with Gasteiger partial charge >= 0.3 is 0 Å². The fourth-order valence-corrected chi connectivity index (χ4v) is 5.26. The lowest BCUT2D eigenvalue weighted by molar-refractivity contribution is 0.0100. The van der Waals surface area contributed by atoms with Gasteiger partial charge in [-0.25, -0.2) is 0 Å². The molecule has 0 bridgehead atoms. The minimum atomic E-state index is 0.767. The van der Waals surface area contributed by atoms with Crippen molar-refractivity contribution in [1.82, 2.24) is 10.2 Å². The second kappa shape index (κ2) is 7.26. The second-order valence-electron chi connectivity index (χ2n) is 7.36. The number of rotatable bonds is 3. The quantitative estimate of drug-likeness (QED) is 0.786. The van der Waals surface area contributed by atoms with Gasteiger partial charge in [-0.2, -0.15) is 0 Å². The summed E-state index contributed by atoms with van der Waals surface area (Å²) in [6.07, 6.45) is 16.2. The Balaban J connectivity index is 1.72. The molecule has 1 saturated heterocycles. The standard InChI is InChI=1S/C18H34N2/c1-2-19-16-11-4-3-5-13-18(16)20-14-8-10-15-9-6-7-12-17(15)20/h15-19H,2-14H2,1H3. The molecule has 20 heavy (non-hydrogen) atoms. The Morgan fingerprint density at radius 1 is 0.800 bits per heavy atom. The van der Waals surface area contributed by atoms with Crippen molar-refractivity contribution in [2.45, 2.75) is 95.7 Å². The molecular weight excluding hydrogens is 244 g/mol. The SMILES string of the molecule is CCNC1CCCCCC1N1CCCC2CCCCC21. The number of likely N-dealkylation sites (tertiary alicyclic amines) is 1. The van der Waals surface area contributed by atoms with E-state index in [1.807, 2.05) is 0 Å². The molecule has 0 radical (unpaired) electrons. The first kappa shape index (κ1) is 14.8. The molecule has 3 fully saturated rings. The Bertz CT molecular complexity index is 289. The predicted molar refractivity (Wildman–Crippen MR) is 86.0 cm³/mol. The van der Waals surface area contributed by atoms with E-state index < -0.39 is 0 Å². The largest absolute Gasteiger partial charge is 0.313 e. The van der Waals surface area contributed by atoms with Crippen LogP contribution in [0.3, 0.4) is 0 Å². The van der Waals surface area contributed by atoms with Crippen molar-refractivity contribution in [3.05, 3.63) is 0 Å². The number of piperidine rings is 1. The van der Waals surface area contributed by atoms with E-state index in [1.165, 1.54) is 77.2 Å². The smallest absolute Gasteiger partial charge is 0.0252 e. The summed E-state index contributed by atoms with van der Waals surface area (Å²) in [7, 11) is 0. The molecule has 0 amide bonds. The van der Waals surface area contributed by atoms with E-state index >= 15 is 0 Å². The molecule has 4 unspecified atom stereocenters. The van der Waals surface area contributed by atoms with E-state index in [2.05, 4.69) is 17.1 Å². The van der Waals surface area contributed by atoms with Gasteiger partial charge in [0.1, 0.15) is 0 Å². The Hall–Kier alpha value is -0.0800. The Morgan fingerprint density at radius 2 is 1.50 bits per heavy atom. The van der Waals surface area contributed by atoms with Crippen LogP contribution in [0.1, 0.15) is 77.6 Å². The minimum Gasteiger partial charge on any atom is -0.313 e. The van der Waals surface area contributed by atoms with Gasteiger partial charge in [-0.05, 0) is 57.5 Å². The molecular formula is C18H34N2. The summed E-state index contributed by atoms with van der Waals surface area (Å²) in [6.45, 7) is 4.80. The van der Waals surface area contributed by atoms with Crippen molar-refractivity contribution in [2.75, 3.05) is 13.1 Å². The number of nitrogens with zero attached hydrogens (tertiary/aromatic N) is 1. The molecule has 2 saturated carbocycles. The van der Waals surface area contributed by atoms with Crippen LogP contribution in [0.15, 0.2) is 0 Å². The summed E-state index contributed by atoms with van der Waals surface area (Å²) in [4.78, 5) is 2.98. The van der Waals surface area contributed by atoms with Gasteiger partial charge in [0.25, 0.3) is 0 Å². The first-order valence-corrected chi connectivity index (χ1v) is 9.39. The van der Waals surface area contributed by atoms with Crippen LogP contribution in [0, 0.1) is 5.92 Å². The number of likely N-dealkylation sites (N-methyl/N-ethyl adjacent to an activating group) is 1. The fraction of sp³-hybridized carbons (Fsp3) is 1.00. The minimum absolute atomic E-state index is 0.767. The van der Waals surface area contributed by atoms with Crippen molar-refractivity contribution in [3.8, 4) is 0 Å². The van der Waals surface area contributed by atoms with Crippen LogP contribution in [0.5, 0.6) is 0 Å². The summed E-state index contributed by atoms with van der Waals surface area (Å²) in [5, 5.41) is 3.83. The number of hydrogen-bond donors (Lipinski definition) is 1. The van der Waals surface area contributed by atoms with E-state index in [0.29, 0.717) is 0 Å². The maximum Gasteiger partial charge on any atom is 0.0252 e. The summed E-state index contributed by atoms with van der Waals surface area (Å²) in [6, 6.07) is 2.54. The van der Waals surface area contributed by atoms with Gasteiger partial charge in [0.15, 0.2) is 0 Å². The normalized spacial score (nSPS) is 40.0. The molecule has 0 aromatic carbocycles. The van der Waals surface area contributed by atoms with Crippen LogP contribution in [-0.4, -0.2) is 36.1 Å². The first-order valence-electron chi connectivity index (χ1n) is 9.39. The summed E-state index contributed by atoms with van der Waals surface area (Å²) in [5.74, 6) is 1.03. The highest BCUT2D eigenvalue weighted by atomic mass is 15.2. The topological polar surface area (TPSA) is 15.3 Å². The Morgan fingerprint density at radius 3 is 2.40 bits per heavy atom. The Labute approximate surface area is 125 Å². The lowest BCUT2D eigenvalue weighted by Gasteiger charge is -2.49. The number of hydrogen-bond acceptors (Lipinski definition) is 2.